The monoisotopic (exact) mass is 511 g/mol. The van der Waals surface area contributed by atoms with Crippen molar-refractivity contribution in [3.8, 4) is 0 Å². The average molecular weight is 512 g/mol. The third kappa shape index (κ3) is 5.66. The van der Waals surface area contributed by atoms with E-state index in [4.69, 9.17) is 10.5 Å². The topological polar surface area (TPSA) is 94.5 Å². The van der Waals surface area contributed by atoms with Crippen LogP contribution in [0.15, 0.2) is 18.5 Å². The fourth-order valence-electron chi connectivity index (χ4n) is 5.85. The number of imidazole rings is 1. The Morgan fingerprint density at radius 2 is 1.81 bits per heavy atom. The van der Waals surface area contributed by atoms with Gasteiger partial charge in [-0.1, -0.05) is 0 Å². The van der Waals surface area contributed by atoms with Gasteiger partial charge in [-0.25, -0.2) is 27.1 Å². The van der Waals surface area contributed by atoms with Crippen LogP contribution in [0.4, 0.5) is 17.6 Å². The lowest BCUT2D eigenvalue weighted by molar-refractivity contribution is -0.134. The molecule has 2 aromatic rings. The fourth-order valence-corrected chi connectivity index (χ4v) is 5.85. The van der Waals surface area contributed by atoms with Crippen molar-refractivity contribution in [2.45, 2.75) is 81.7 Å². The maximum absolute atomic E-state index is 13.6. The van der Waals surface area contributed by atoms with E-state index in [0.717, 1.165) is 18.4 Å². The molecule has 1 aliphatic heterocycles. The zero-order chi connectivity index (χ0) is 25.5. The van der Waals surface area contributed by atoms with Crippen molar-refractivity contribution in [3.05, 3.63) is 29.7 Å². The fraction of sp³-hybridized carbons (Fsp3) is 0.720. The highest BCUT2D eigenvalue weighted by molar-refractivity contribution is 5.77. The number of halogens is 4. The SMILES string of the molecule is N[C@H](c1cn2ncc([C@H](NC(=O)CC3CC(F)(F)C3)C3CCOCC3)cc2n1)C1CCC(F)(F)CC1. The van der Waals surface area contributed by atoms with E-state index in [9.17, 15) is 22.4 Å². The maximum Gasteiger partial charge on any atom is 0.248 e. The molecule has 0 spiro atoms. The van der Waals surface area contributed by atoms with Gasteiger partial charge in [0.05, 0.1) is 30.2 Å². The van der Waals surface area contributed by atoms with Gasteiger partial charge in [0.15, 0.2) is 5.65 Å². The lowest BCUT2D eigenvalue weighted by Crippen LogP contribution is -2.41. The summed E-state index contributed by atoms with van der Waals surface area (Å²) < 4.78 is 60.6. The second-order valence-electron chi connectivity index (χ2n) is 10.8. The molecular formula is C25H33F4N5O2. The molecule has 2 aromatic heterocycles. The van der Waals surface area contributed by atoms with E-state index in [0.29, 0.717) is 37.4 Å². The highest BCUT2D eigenvalue weighted by Crippen LogP contribution is 2.44. The number of amides is 1. The molecule has 2 aliphatic carbocycles. The van der Waals surface area contributed by atoms with E-state index in [1.165, 1.54) is 0 Å². The molecule has 2 saturated carbocycles. The van der Waals surface area contributed by atoms with Gasteiger partial charge in [0, 0.05) is 45.3 Å². The number of hydrogen-bond acceptors (Lipinski definition) is 5. The normalized spacial score (nSPS) is 24.8. The molecule has 198 valence electrons. The number of aromatic nitrogens is 3. The summed E-state index contributed by atoms with van der Waals surface area (Å²) in [5, 5.41) is 7.55. The molecule has 3 aliphatic rings. The van der Waals surface area contributed by atoms with Gasteiger partial charge in [0.2, 0.25) is 17.8 Å². The van der Waals surface area contributed by atoms with Crippen LogP contribution in [0.1, 0.15) is 81.1 Å². The second-order valence-corrected chi connectivity index (χ2v) is 10.8. The zero-order valence-electron chi connectivity index (χ0n) is 20.1. The Morgan fingerprint density at radius 1 is 1.11 bits per heavy atom. The summed E-state index contributed by atoms with van der Waals surface area (Å²) in [6.45, 7) is 1.18. The Labute approximate surface area is 207 Å². The number of ether oxygens (including phenoxy) is 1. The molecule has 1 amide bonds. The summed E-state index contributed by atoms with van der Waals surface area (Å²) in [6, 6.07) is 1.06. The van der Waals surface area contributed by atoms with Crippen LogP contribution in [0.25, 0.3) is 5.65 Å². The van der Waals surface area contributed by atoms with Gasteiger partial charge in [0.25, 0.3) is 0 Å². The molecule has 36 heavy (non-hydrogen) atoms. The molecule has 3 fully saturated rings. The summed E-state index contributed by atoms with van der Waals surface area (Å²) in [5.41, 5.74) is 8.36. The molecular weight excluding hydrogens is 478 g/mol. The van der Waals surface area contributed by atoms with E-state index in [1.807, 2.05) is 6.07 Å². The van der Waals surface area contributed by atoms with E-state index in [-0.39, 0.29) is 61.8 Å². The molecule has 0 radical (unpaired) electrons. The van der Waals surface area contributed by atoms with E-state index in [2.05, 4.69) is 15.4 Å². The first-order valence-electron chi connectivity index (χ1n) is 12.8. The molecule has 0 bridgehead atoms. The standard InChI is InChI=1S/C25H33F4N5O2/c26-24(27)5-1-16(2-6-24)22(30)19-14-34-20(32-19)10-18(13-31-34)23(17-3-7-36-8-4-17)33-21(35)9-15-11-25(28,29)12-15/h10,13-17,22-23H,1-9,11-12,30H2,(H,33,35)/t22-,23+/m0/s1. The predicted molar refractivity (Wildman–Crippen MR) is 124 cm³/mol. The Hall–Kier alpha value is -2.27. The van der Waals surface area contributed by atoms with Crippen LogP contribution in [0.5, 0.6) is 0 Å². The summed E-state index contributed by atoms with van der Waals surface area (Å²) in [6.07, 6.45) is 4.90. The molecule has 11 heteroatoms. The van der Waals surface area contributed by atoms with E-state index >= 15 is 0 Å². The Kier molecular flexibility index (Phi) is 6.97. The molecule has 3 heterocycles. The zero-order valence-corrected chi connectivity index (χ0v) is 20.1. The lowest BCUT2D eigenvalue weighted by Gasteiger charge is -2.35. The summed E-state index contributed by atoms with van der Waals surface area (Å²) in [4.78, 5) is 17.4. The summed E-state index contributed by atoms with van der Waals surface area (Å²) in [5.74, 6) is -5.76. The summed E-state index contributed by atoms with van der Waals surface area (Å²) in [7, 11) is 0. The van der Waals surface area contributed by atoms with Crippen LogP contribution in [-0.2, 0) is 9.53 Å². The largest absolute Gasteiger partial charge is 0.381 e. The molecule has 3 N–H and O–H groups in total. The third-order valence-corrected chi connectivity index (χ3v) is 8.03. The number of nitrogens with two attached hydrogens (primary N) is 1. The van der Waals surface area contributed by atoms with Crippen LogP contribution in [0.3, 0.4) is 0 Å². The van der Waals surface area contributed by atoms with Gasteiger partial charge >= 0.3 is 0 Å². The number of nitrogens with one attached hydrogen (secondary N) is 1. The third-order valence-electron chi connectivity index (χ3n) is 8.03. The Balaban J connectivity index is 1.32. The number of fused-ring (bicyclic) bond motifs is 1. The van der Waals surface area contributed by atoms with Crippen molar-refractivity contribution in [2.75, 3.05) is 13.2 Å². The van der Waals surface area contributed by atoms with Crippen molar-refractivity contribution >= 4 is 11.6 Å². The van der Waals surface area contributed by atoms with Gasteiger partial charge in [0.1, 0.15) is 0 Å². The van der Waals surface area contributed by atoms with Crippen LogP contribution in [-0.4, -0.2) is 45.6 Å². The van der Waals surface area contributed by atoms with Gasteiger partial charge in [-0.3, -0.25) is 4.79 Å². The number of carbonyl (C=O) groups is 1. The number of rotatable bonds is 7. The van der Waals surface area contributed by atoms with Crippen LogP contribution in [0.2, 0.25) is 0 Å². The van der Waals surface area contributed by atoms with E-state index < -0.39 is 17.9 Å². The van der Waals surface area contributed by atoms with Gasteiger partial charge in [-0.2, -0.15) is 5.10 Å². The molecule has 0 unspecified atom stereocenters. The molecule has 2 atom stereocenters. The smallest absolute Gasteiger partial charge is 0.248 e. The minimum atomic E-state index is -2.66. The molecule has 7 nitrogen and oxygen atoms in total. The lowest BCUT2D eigenvalue weighted by atomic mass is 9.79. The van der Waals surface area contributed by atoms with E-state index in [1.54, 1.807) is 16.9 Å². The van der Waals surface area contributed by atoms with Crippen LogP contribution >= 0.6 is 0 Å². The summed E-state index contributed by atoms with van der Waals surface area (Å²) >= 11 is 0. The number of carbonyl (C=O) groups excluding carboxylic acids is 1. The average Bonchev–Trinajstić information content (AvgIpc) is 3.25. The van der Waals surface area contributed by atoms with Crippen LogP contribution in [0, 0.1) is 17.8 Å². The Bertz CT molecular complexity index is 1070. The van der Waals surface area contributed by atoms with Crippen molar-refractivity contribution in [1.82, 2.24) is 19.9 Å². The molecule has 0 aromatic carbocycles. The van der Waals surface area contributed by atoms with Crippen molar-refractivity contribution in [2.24, 2.45) is 23.5 Å². The van der Waals surface area contributed by atoms with Crippen LogP contribution < -0.4 is 11.1 Å². The van der Waals surface area contributed by atoms with Gasteiger partial charge in [-0.15, -0.1) is 0 Å². The number of nitrogens with zero attached hydrogens (tertiary/aromatic N) is 3. The van der Waals surface area contributed by atoms with Crippen molar-refractivity contribution in [3.63, 3.8) is 0 Å². The van der Waals surface area contributed by atoms with Crippen molar-refractivity contribution < 1.29 is 27.1 Å². The first-order chi connectivity index (χ1) is 17.1. The first-order valence-corrected chi connectivity index (χ1v) is 12.8. The molecule has 5 rings (SSSR count). The van der Waals surface area contributed by atoms with Crippen molar-refractivity contribution in [1.29, 1.82) is 0 Å². The highest BCUT2D eigenvalue weighted by Gasteiger charge is 2.46. The Morgan fingerprint density at radius 3 is 2.47 bits per heavy atom. The number of hydrogen-bond donors (Lipinski definition) is 2. The number of alkyl halides is 4. The second kappa shape index (κ2) is 9.89. The first kappa shape index (κ1) is 25.4. The van der Waals surface area contributed by atoms with Gasteiger partial charge in [-0.05, 0) is 55.1 Å². The molecule has 1 saturated heterocycles. The van der Waals surface area contributed by atoms with Gasteiger partial charge < -0.3 is 15.8 Å². The minimum Gasteiger partial charge on any atom is -0.381 e. The predicted octanol–water partition coefficient (Wildman–Crippen LogP) is 4.57. The maximum atomic E-state index is 13.6. The highest BCUT2D eigenvalue weighted by atomic mass is 19.3. The minimum absolute atomic E-state index is 0.0674. The quantitative estimate of drug-likeness (QED) is 0.531.